The zero-order chi connectivity index (χ0) is 17.2. The number of carbonyl (C=O) groups is 1. The molecule has 1 aliphatic rings. The minimum absolute atomic E-state index is 0.0287. The Hall–Kier alpha value is -1.75. The Morgan fingerprint density at radius 2 is 1.87 bits per heavy atom. The average Bonchev–Trinajstić information content (AvgIpc) is 2.88. The van der Waals surface area contributed by atoms with E-state index >= 15 is 0 Å². The molecular formula is C18H28N2O3. The van der Waals surface area contributed by atoms with Gasteiger partial charge in [0.05, 0.1) is 7.11 Å². The van der Waals surface area contributed by atoms with E-state index in [1.165, 1.54) is 0 Å². The first-order valence-electron chi connectivity index (χ1n) is 8.13. The summed E-state index contributed by atoms with van der Waals surface area (Å²) in [4.78, 5) is 14.7. The molecule has 0 radical (unpaired) electrons. The van der Waals surface area contributed by atoms with Crippen LogP contribution in [-0.2, 0) is 4.79 Å². The predicted molar refractivity (Wildman–Crippen MR) is 90.6 cm³/mol. The molecule has 2 N–H and O–H groups in total. The summed E-state index contributed by atoms with van der Waals surface area (Å²) in [6.45, 7) is 9.15. The van der Waals surface area contributed by atoms with Gasteiger partial charge in [-0.1, -0.05) is 26.0 Å². The fourth-order valence-electron chi connectivity index (χ4n) is 3.13. The molecule has 128 valence electrons. The number of amides is 1. The Balaban J connectivity index is 2.12. The molecule has 0 saturated carbocycles. The zero-order valence-corrected chi connectivity index (χ0v) is 14.7. The third-order valence-electron chi connectivity index (χ3n) is 4.51. The lowest BCUT2D eigenvalue weighted by Crippen LogP contribution is -2.48. The molecule has 0 bridgehead atoms. The third-order valence-corrected chi connectivity index (χ3v) is 4.51. The van der Waals surface area contributed by atoms with Gasteiger partial charge in [0.1, 0.15) is 0 Å². The van der Waals surface area contributed by atoms with Crippen LogP contribution in [0.1, 0.15) is 27.7 Å². The maximum Gasteiger partial charge on any atom is 0.266 e. The van der Waals surface area contributed by atoms with Crippen LogP contribution in [-0.4, -0.2) is 42.6 Å². The van der Waals surface area contributed by atoms with Crippen LogP contribution >= 0.6 is 0 Å². The molecule has 0 spiro atoms. The molecule has 0 aliphatic carbocycles. The number of nitrogens with zero attached hydrogens (tertiary/aromatic N) is 1. The largest absolute Gasteiger partial charge is 0.493 e. The van der Waals surface area contributed by atoms with E-state index < -0.39 is 5.60 Å². The second-order valence-electron chi connectivity index (χ2n) is 7.05. The second kappa shape index (κ2) is 6.79. The van der Waals surface area contributed by atoms with Crippen LogP contribution in [0.3, 0.4) is 0 Å². The molecule has 2 atom stereocenters. The van der Waals surface area contributed by atoms with Gasteiger partial charge in [0.2, 0.25) is 0 Å². The fourth-order valence-corrected chi connectivity index (χ4v) is 3.13. The van der Waals surface area contributed by atoms with E-state index in [-0.39, 0.29) is 11.9 Å². The van der Waals surface area contributed by atoms with Gasteiger partial charge in [-0.15, -0.1) is 0 Å². The highest BCUT2D eigenvalue weighted by molar-refractivity contribution is 5.85. The van der Waals surface area contributed by atoms with Crippen molar-refractivity contribution >= 4 is 5.91 Å². The van der Waals surface area contributed by atoms with Gasteiger partial charge in [-0.2, -0.15) is 0 Å². The summed E-state index contributed by atoms with van der Waals surface area (Å²) < 4.78 is 11.3. The van der Waals surface area contributed by atoms with Gasteiger partial charge in [-0.3, -0.25) is 4.79 Å². The SMILES string of the molecule is COc1ccccc1OC(C)(C)C(=O)N1C[C@H](C(C)C)[C@@H](N)C1. The molecule has 5 nitrogen and oxygen atoms in total. The van der Waals surface area contributed by atoms with Crippen LogP contribution in [0, 0.1) is 11.8 Å². The molecule has 1 aromatic carbocycles. The normalized spacial score (nSPS) is 21.6. The summed E-state index contributed by atoms with van der Waals surface area (Å²) in [7, 11) is 1.59. The quantitative estimate of drug-likeness (QED) is 0.904. The van der Waals surface area contributed by atoms with E-state index in [1.54, 1.807) is 27.0 Å². The second-order valence-corrected chi connectivity index (χ2v) is 7.05. The summed E-state index contributed by atoms with van der Waals surface area (Å²) in [6, 6.07) is 7.38. The van der Waals surface area contributed by atoms with Crippen LogP contribution < -0.4 is 15.2 Å². The highest BCUT2D eigenvalue weighted by Gasteiger charge is 2.41. The summed E-state index contributed by atoms with van der Waals surface area (Å²) >= 11 is 0. The minimum Gasteiger partial charge on any atom is -0.493 e. The molecule has 5 heteroatoms. The van der Waals surface area contributed by atoms with Crippen LogP contribution in [0.5, 0.6) is 11.5 Å². The van der Waals surface area contributed by atoms with Crippen LogP contribution in [0.2, 0.25) is 0 Å². The number of ether oxygens (including phenoxy) is 2. The molecule has 1 fully saturated rings. The molecule has 1 amide bonds. The van der Waals surface area contributed by atoms with Crippen molar-refractivity contribution in [2.24, 2.45) is 17.6 Å². The molecular weight excluding hydrogens is 292 g/mol. The van der Waals surface area contributed by atoms with Crippen molar-refractivity contribution in [2.45, 2.75) is 39.3 Å². The van der Waals surface area contributed by atoms with Crippen molar-refractivity contribution in [3.63, 3.8) is 0 Å². The van der Waals surface area contributed by atoms with Crippen molar-refractivity contribution in [1.29, 1.82) is 0 Å². The van der Waals surface area contributed by atoms with Gasteiger partial charge in [0.15, 0.2) is 17.1 Å². The zero-order valence-electron chi connectivity index (χ0n) is 14.7. The van der Waals surface area contributed by atoms with Crippen molar-refractivity contribution in [2.75, 3.05) is 20.2 Å². The molecule has 1 heterocycles. The highest BCUT2D eigenvalue weighted by Crippen LogP contribution is 2.31. The van der Waals surface area contributed by atoms with Crippen molar-refractivity contribution in [3.8, 4) is 11.5 Å². The maximum absolute atomic E-state index is 12.9. The number of nitrogens with two attached hydrogens (primary N) is 1. The molecule has 1 aromatic rings. The van der Waals surface area contributed by atoms with Crippen molar-refractivity contribution < 1.29 is 14.3 Å². The number of benzene rings is 1. The van der Waals surface area contributed by atoms with Gasteiger partial charge >= 0.3 is 0 Å². The predicted octanol–water partition coefficient (Wildman–Crippen LogP) is 2.29. The maximum atomic E-state index is 12.9. The lowest BCUT2D eigenvalue weighted by atomic mass is 9.92. The Morgan fingerprint density at radius 1 is 1.26 bits per heavy atom. The van der Waals surface area contributed by atoms with Gasteiger partial charge in [-0.05, 0) is 37.8 Å². The van der Waals surface area contributed by atoms with E-state index in [4.69, 9.17) is 15.2 Å². The van der Waals surface area contributed by atoms with E-state index in [2.05, 4.69) is 13.8 Å². The Morgan fingerprint density at radius 3 is 2.39 bits per heavy atom. The molecule has 23 heavy (non-hydrogen) atoms. The number of para-hydroxylation sites is 2. The molecule has 2 rings (SSSR count). The molecule has 1 aliphatic heterocycles. The number of rotatable bonds is 5. The number of likely N-dealkylation sites (tertiary alicyclic amines) is 1. The van der Waals surface area contributed by atoms with Crippen LogP contribution in [0.15, 0.2) is 24.3 Å². The van der Waals surface area contributed by atoms with Gasteiger partial charge in [-0.25, -0.2) is 0 Å². The third kappa shape index (κ3) is 3.78. The summed E-state index contributed by atoms with van der Waals surface area (Å²) in [5.74, 6) is 1.94. The van der Waals surface area contributed by atoms with Crippen LogP contribution in [0.4, 0.5) is 0 Å². The van der Waals surface area contributed by atoms with Gasteiger partial charge in [0, 0.05) is 19.1 Å². The van der Waals surface area contributed by atoms with Crippen molar-refractivity contribution in [1.82, 2.24) is 4.90 Å². The van der Waals surface area contributed by atoms with Crippen LogP contribution in [0.25, 0.3) is 0 Å². The van der Waals surface area contributed by atoms with Gasteiger partial charge in [0.25, 0.3) is 5.91 Å². The standard InChI is InChI=1S/C18H28N2O3/c1-12(2)13-10-20(11-14(13)19)17(21)18(3,4)23-16-9-7-6-8-15(16)22-5/h6-9,12-14H,10-11,19H2,1-5H3/t13-,14+/m1/s1. The average molecular weight is 320 g/mol. The topological polar surface area (TPSA) is 64.8 Å². The Labute approximate surface area is 138 Å². The monoisotopic (exact) mass is 320 g/mol. The summed E-state index contributed by atoms with van der Waals surface area (Å²) in [5.41, 5.74) is 5.22. The van der Waals surface area contributed by atoms with E-state index in [0.717, 1.165) is 0 Å². The summed E-state index contributed by atoms with van der Waals surface area (Å²) in [6.07, 6.45) is 0. The van der Waals surface area contributed by atoms with E-state index in [0.29, 0.717) is 36.4 Å². The fraction of sp³-hybridized carbons (Fsp3) is 0.611. The number of hydrogen-bond acceptors (Lipinski definition) is 4. The first-order valence-corrected chi connectivity index (χ1v) is 8.13. The number of carbonyl (C=O) groups excluding carboxylic acids is 1. The van der Waals surface area contributed by atoms with Gasteiger partial charge < -0.3 is 20.1 Å². The van der Waals surface area contributed by atoms with Crippen molar-refractivity contribution in [3.05, 3.63) is 24.3 Å². The molecule has 1 saturated heterocycles. The number of methoxy groups -OCH3 is 1. The number of hydrogen-bond donors (Lipinski definition) is 1. The molecule has 0 aromatic heterocycles. The first kappa shape index (κ1) is 17.6. The lowest BCUT2D eigenvalue weighted by Gasteiger charge is -2.30. The smallest absolute Gasteiger partial charge is 0.266 e. The Bertz CT molecular complexity index is 557. The van der Waals surface area contributed by atoms with E-state index in [1.807, 2.05) is 23.1 Å². The minimum atomic E-state index is -0.972. The molecule has 0 unspecified atom stereocenters. The first-order chi connectivity index (χ1) is 10.8. The summed E-state index contributed by atoms with van der Waals surface area (Å²) in [5, 5.41) is 0. The van der Waals surface area contributed by atoms with E-state index in [9.17, 15) is 4.79 Å². The Kier molecular flexibility index (Phi) is 5.19. The lowest BCUT2D eigenvalue weighted by molar-refractivity contribution is -0.144. The highest BCUT2D eigenvalue weighted by atomic mass is 16.5.